The normalized spacial score (nSPS) is 26.6. The molecular formula is C22H33N3O3S. The largest absolute Gasteiger partial charge is 0.448 e. The van der Waals surface area contributed by atoms with E-state index in [4.69, 9.17) is 4.74 Å². The second-order valence-corrected chi connectivity index (χ2v) is 9.35. The van der Waals surface area contributed by atoms with Gasteiger partial charge in [-0.2, -0.15) is 0 Å². The number of nitrogens with zero attached hydrogens (tertiary/aromatic N) is 2. The number of likely N-dealkylation sites (tertiary alicyclic amines) is 1. The van der Waals surface area contributed by atoms with Crippen LogP contribution in [-0.2, 0) is 9.53 Å². The van der Waals surface area contributed by atoms with Crippen molar-refractivity contribution >= 4 is 24.1 Å². The molecule has 29 heavy (non-hydrogen) atoms. The molecule has 0 spiro atoms. The second kappa shape index (κ2) is 9.92. The zero-order chi connectivity index (χ0) is 20.1. The molecule has 2 heterocycles. The smallest absolute Gasteiger partial charge is 0.418 e. The molecule has 6 nitrogen and oxygen atoms in total. The monoisotopic (exact) mass is 419 g/mol. The highest BCUT2D eigenvalue weighted by molar-refractivity contribution is 7.95. The van der Waals surface area contributed by atoms with E-state index in [9.17, 15) is 9.59 Å². The first-order valence-electron chi connectivity index (χ1n) is 11.3. The third-order valence-corrected chi connectivity index (χ3v) is 7.47. The molecule has 7 heteroatoms. The Balaban J connectivity index is 1.18. The van der Waals surface area contributed by atoms with Crippen LogP contribution in [0.4, 0.5) is 4.79 Å². The van der Waals surface area contributed by atoms with E-state index in [2.05, 4.69) is 21.2 Å². The highest BCUT2D eigenvalue weighted by Gasteiger charge is 2.30. The SMILES string of the molecule is O=C(NSN1CCCC2CCCC=C21)OCCC(=O)N1CCCC2CCCC=C21. The number of allylic oxidation sites excluding steroid dienone is 4. The van der Waals surface area contributed by atoms with Crippen LogP contribution in [0.2, 0.25) is 0 Å². The van der Waals surface area contributed by atoms with E-state index in [-0.39, 0.29) is 18.9 Å². The molecule has 0 aromatic rings. The Hall–Kier alpha value is -1.63. The van der Waals surface area contributed by atoms with Gasteiger partial charge >= 0.3 is 6.09 Å². The van der Waals surface area contributed by atoms with Gasteiger partial charge in [0.15, 0.2) is 0 Å². The molecule has 0 saturated carbocycles. The van der Waals surface area contributed by atoms with Crippen LogP contribution in [-0.4, -0.2) is 40.9 Å². The molecule has 0 aromatic heterocycles. The molecule has 2 saturated heterocycles. The summed E-state index contributed by atoms with van der Waals surface area (Å²) < 4.78 is 10.3. The second-order valence-electron chi connectivity index (χ2n) is 8.52. The molecule has 2 atom stereocenters. The maximum absolute atomic E-state index is 12.6. The molecule has 2 unspecified atom stereocenters. The maximum Gasteiger partial charge on any atom is 0.418 e. The van der Waals surface area contributed by atoms with Crippen LogP contribution in [0.25, 0.3) is 0 Å². The summed E-state index contributed by atoms with van der Waals surface area (Å²) in [5, 5.41) is 0. The summed E-state index contributed by atoms with van der Waals surface area (Å²) in [6, 6.07) is 0. The summed E-state index contributed by atoms with van der Waals surface area (Å²) in [5.41, 5.74) is 2.58. The lowest BCUT2D eigenvalue weighted by Crippen LogP contribution is -2.39. The van der Waals surface area contributed by atoms with Crippen molar-refractivity contribution in [2.45, 2.75) is 70.6 Å². The molecule has 0 bridgehead atoms. The third-order valence-electron chi connectivity index (χ3n) is 6.59. The number of ether oxygens (including phenoxy) is 1. The highest BCUT2D eigenvalue weighted by Crippen LogP contribution is 2.37. The number of fused-ring (bicyclic) bond motifs is 2. The zero-order valence-electron chi connectivity index (χ0n) is 17.2. The van der Waals surface area contributed by atoms with Crippen molar-refractivity contribution in [1.82, 2.24) is 13.9 Å². The lowest BCUT2D eigenvalue weighted by Gasteiger charge is -2.38. The van der Waals surface area contributed by atoms with Crippen molar-refractivity contribution in [3.63, 3.8) is 0 Å². The lowest BCUT2D eigenvalue weighted by molar-refractivity contribution is -0.131. The molecule has 1 N–H and O–H groups in total. The van der Waals surface area contributed by atoms with Crippen LogP contribution in [0.1, 0.15) is 70.6 Å². The van der Waals surface area contributed by atoms with Gasteiger partial charge in [-0.05, 0) is 76.0 Å². The molecule has 2 aliphatic heterocycles. The number of carbonyl (C=O) groups excluding carboxylic acids is 2. The first kappa shape index (κ1) is 20.6. The summed E-state index contributed by atoms with van der Waals surface area (Å²) in [7, 11) is 0. The average Bonchev–Trinajstić information content (AvgIpc) is 2.77. The maximum atomic E-state index is 12.6. The highest BCUT2D eigenvalue weighted by atomic mass is 32.2. The van der Waals surface area contributed by atoms with E-state index in [1.165, 1.54) is 62.1 Å². The van der Waals surface area contributed by atoms with Crippen molar-refractivity contribution in [2.75, 3.05) is 19.7 Å². The first-order chi connectivity index (χ1) is 14.2. The van der Waals surface area contributed by atoms with Gasteiger partial charge in [0.25, 0.3) is 0 Å². The third kappa shape index (κ3) is 5.11. The van der Waals surface area contributed by atoms with Gasteiger partial charge in [0, 0.05) is 24.5 Å². The lowest BCUT2D eigenvalue weighted by atomic mass is 9.85. The quantitative estimate of drug-likeness (QED) is 0.652. The molecule has 4 aliphatic rings. The van der Waals surface area contributed by atoms with Crippen molar-refractivity contribution in [3.8, 4) is 0 Å². The van der Waals surface area contributed by atoms with Gasteiger partial charge in [-0.1, -0.05) is 12.2 Å². The Labute approximate surface area is 178 Å². The Kier molecular flexibility index (Phi) is 7.06. The summed E-state index contributed by atoms with van der Waals surface area (Å²) in [6.07, 6.45) is 16.2. The number of hydrogen-bond acceptors (Lipinski definition) is 5. The fourth-order valence-corrected chi connectivity index (χ4v) is 5.96. The fourth-order valence-electron chi connectivity index (χ4n) is 5.17. The predicted octanol–water partition coefficient (Wildman–Crippen LogP) is 4.75. The van der Waals surface area contributed by atoms with Crippen LogP contribution in [0.3, 0.4) is 0 Å². The number of rotatable bonds is 5. The van der Waals surface area contributed by atoms with Gasteiger partial charge < -0.3 is 13.9 Å². The number of amides is 2. The molecule has 2 aliphatic carbocycles. The van der Waals surface area contributed by atoms with Gasteiger partial charge in [0.1, 0.15) is 6.61 Å². The van der Waals surface area contributed by atoms with Crippen molar-refractivity contribution < 1.29 is 14.3 Å². The van der Waals surface area contributed by atoms with E-state index in [1.807, 2.05) is 4.90 Å². The van der Waals surface area contributed by atoms with E-state index in [0.29, 0.717) is 11.8 Å². The predicted molar refractivity (Wildman–Crippen MR) is 114 cm³/mol. The molecule has 0 radical (unpaired) electrons. The summed E-state index contributed by atoms with van der Waals surface area (Å²) in [5.74, 6) is 1.27. The minimum absolute atomic E-state index is 0.0783. The van der Waals surface area contributed by atoms with Gasteiger partial charge in [0.05, 0.1) is 18.6 Å². The van der Waals surface area contributed by atoms with Gasteiger partial charge in [-0.3, -0.25) is 4.79 Å². The summed E-state index contributed by atoms with van der Waals surface area (Å²) in [4.78, 5) is 26.7. The average molecular weight is 420 g/mol. The first-order valence-corrected chi connectivity index (χ1v) is 12.1. The number of piperidine rings is 2. The van der Waals surface area contributed by atoms with Crippen LogP contribution in [0, 0.1) is 11.8 Å². The Morgan fingerprint density at radius 1 is 0.966 bits per heavy atom. The minimum Gasteiger partial charge on any atom is -0.448 e. The number of carbonyl (C=O) groups is 2. The van der Waals surface area contributed by atoms with Crippen LogP contribution in [0.5, 0.6) is 0 Å². The van der Waals surface area contributed by atoms with Crippen LogP contribution >= 0.6 is 12.1 Å². The van der Waals surface area contributed by atoms with E-state index >= 15 is 0 Å². The van der Waals surface area contributed by atoms with E-state index in [1.54, 1.807) is 0 Å². The Morgan fingerprint density at radius 2 is 1.62 bits per heavy atom. The van der Waals surface area contributed by atoms with Crippen LogP contribution < -0.4 is 4.72 Å². The number of nitrogens with one attached hydrogen (secondary N) is 1. The van der Waals surface area contributed by atoms with Gasteiger partial charge in [-0.15, -0.1) is 0 Å². The van der Waals surface area contributed by atoms with Crippen LogP contribution in [0.15, 0.2) is 23.5 Å². The molecule has 160 valence electrons. The van der Waals surface area contributed by atoms with Gasteiger partial charge in [0.2, 0.25) is 5.91 Å². The van der Waals surface area contributed by atoms with Crippen molar-refractivity contribution in [1.29, 1.82) is 0 Å². The molecule has 2 fully saturated rings. The Morgan fingerprint density at radius 3 is 2.41 bits per heavy atom. The zero-order valence-corrected chi connectivity index (χ0v) is 18.1. The summed E-state index contributed by atoms with van der Waals surface area (Å²) in [6.45, 7) is 1.89. The summed E-state index contributed by atoms with van der Waals surface area (Å²) >= 11 is 1.33. The van der Waals surface area contributed by atoms with E-state index < -0.39 is 6.09 Å². The molecule has 0 aromatic carbocycles. The molecule has 2 amide bonds. The Bertz CT molecular complexity index is 678. The molecule has 4 rings (SSSR count). The van der Waals surface area contributed by atoms with E-state index in [0.717, 1.165) is 38.8 Å². The minimum atomic E-state index is -0.463. The van der Waals surface area contributed by atoms with Crippen molar-refractivity contribution in [3.05, 3.63) is 23.5 Å². The number of hydrogen-bond donors (Lipinski definition) is 1. The fraction of sp³-hybridized carbons (Fsp3) is 0.727. The van der Waals surface area contributed by atoms with Crippen molar-refractivity contribution in [2.24, 2.45) is 11.8 Å². The topological polar surface area (TPSA) is 61.9 Å². The standard InChI is InChI=1S/C22H33N3O3S/c26-21(24-14-5-9-17-7-1-3-11-19(17)24)13-16-28-22(27)23-29-25-15-6-10-18-8-2-4-12-20(18)25/h11-12,17-18H,1-10,13-16H2,(H,23,27). The van der Waals surface area contributed by atoms with Gasteiger partial charge in [-0.25, -0.2) is 9.52 Å². The molecular weight excluding hydrogens is 386 g/mol.